The van der Waals surface area contributed by atoms with Crippen LogP contribution in [0.2, 0.25) is 0 Å². The summed E-state index contributed by atoms with van der Waals surface area (Å²) in [6.45, 7) is 2.93. The van der Waals surface area contributed by atoms with E-state index >= 15 is 0 Å². The molecule has 0 bridgehead atoms. The van der Waals surface area contributed by atoms with Gasteiger partial charge in [-0.25, -0.2) is 0 Å². The molecule has 0 aromatic rings. The van der Waals surface area contributed by atoms with E-state index in [0.717, 1.165) is 6.61 Å². The van der Waals surface area contributed by atoms with Crippen LogP contribution in [0.1, 0.15) is 19.8 Å². The molecule has 1 rings (SSSR count). The SMILES string of the molecule is CCOC1CC1. The Morgan fingerprint density at radius 2 is 2.33 bits per heavy atom. The Labute approximate surface area is 38.3 Å². The average Bonchev–Trinajstić information content (AvgIpc) is 2.21. The van der Waals surface area contributed by atoms with Crippen molar-refractivity contribution >= 4 is 0 Å². The van der Waals surface area contributed by atoms with Gasteiger partial charge in [0, 0.05) is 6.61 Å². The number of ether oxygens (including phenoxy) is 1. The van der Waals surface area contributed by atoms with Crippen LogP contribution in [-0.2, 0) is 4.74 Å². The van der Waals surface area contributed by atoms with Crippen molar-refractivity contribution in [3.05, 3.63) is 0 Å². The molecule has 1 aliphatic rings. The van der Waals surface area contributed by atoms with Crippen molar-refractivity contribution < 1.29 is 4.74 Å². The molecule has 0 aliphatic heterocycles. The van der Waals surface area contributed by atoms with Gasteiger partial charge in [0.25, 0.3) is 0 Å². The third-order valence-corrected chi connectivity index (χ3v) is 0.927. The molecule has 0 amide bonds. The van der Waals surface area contributed by atoms with Gasteiger partial charge in [0.2, 0.25) is 0 Å². The molecule has 0 N–H and O–H groups in total. The zero-order valence-corrected chi connectivity index (χ0v) is 4.11. The van der Waals surface area contributed by atoms with Gasteiger partial charge < -0.3 is 4.74 Å². The molecule has 1 heteroatoms. The molecule has 6 heavy (non-hydrogen) atoms. The standard InChI is InChI=1S/C5H10O/c1-2-6-5-3-4-5/h5H,2-4H2,1H3. The third-order valence-electron chi connectivity index (χ3n) is 0.927. The summed E-state index contributed by atoms with van der Waals surface area (Å²) in [5.41, 5.74) is 0. The molecule has 0 aromatic heterocycles. The fourth-order valence-electron chi connectivity index (χ4n) is 0.470. The van der Waals surface area contributed by atoms with Crippen molar-refractivity contribution in [1.82, 2.24) is 0 Å². The van der Waals surface area contributed by atoms with E-state index in [-0.39, 0.29) is 0 Å². The topological polar surface area (TPSA) is 9.23 Å². The van der Waals surface area contributed by atoms with Crippen LogP contribution in [0.5, 0.6) is 0 Å². The van der Waals surface area contributed by atoms with E-state index in [1.54, 1.807) is 0 Å². The maximum atomic E-state index is 5.15. The Morgan fingerprint density at radius 1 is 1.67 bits per heavy atom. The summed E-state index contributed by atoms with van der Waals surface area (Å²) in [5.74, 6) is 0. The van der Waals surface area contributed by atoms with Crippen molar-refractivity contribution in [3.8, 4) is 0 Å². The minimum atomic E-state index is 0.648. The second kappa shape index (κ2) is 1.61. The molecule has 0 spiro atoms. The highest BCUT2D eigenvalue weighted by Gasteiger charge is 2.20. The molecule has 0 saturated heterocycles. The number of hydrogen-bond donors (Lipinski definition) is 0. The van der Waals surface area contributed by atoms with E-state index in [9.17, 15) is 0 Å². The maximum Gasteiger partial charge on any atom is 0.0576 e. The van der Waals surface area contributed by atoms with E-state index in [4.69, 9.17) is 4.74 Å². The van der Waals surface area contributed by atoms with Gasteiger partial charge in [0.1, 0.15) is 0 Å². The predicted octanol–water partition coefficient (Wildman–Crippen LogP) is 1.19. The van der Waals surface area contributed by atoms with Crippen molar-refractivity contribution in [2.24, 2.45) is 0 Å². The van der Waals surface area contributed by atoms with Gasteiger partial charge >= 0.3 is 0 Å². The van der Waals surface area contributed by atoms with Crippen molar-refractivity contribution in [2.75, 3.05) is 6.61 Å². The maximum absolute atomic E-state index is 5.15. The fraction of sp³-hybridized carbons (Fsp3) is 1.00. The summed E-state index contributed by atoms with van der Waals surface area (Å²) in [6, 6.07) is 0. The number of rotatable bonds is 2. The largest absolute Gasteiger partial charge is 0.379 e. The predicted molar refractivity (Wildman–Crippen MR) is 24.6 cm³/mol. The zero-order valence-electron chi connectivity index (χ0n) is 4.11. The zero-order chi connectivity index (χ0) is 4.41. The highest BCUT2D eigenvalue weighted by atomic mass is 16.5. The van der Waals surface area contributed by atoms with Gasteiger partial charge in [-0.3, -0.25) is 0 Å². The Balaban J connectivity index is 1.88. The lowest BCUT2D eigenvalue weighted by Crippen LogP contribution is -1.89. The molecule has 1 saturated carbocycles. The minimum Gasteiger partial charge on any atom is -0.379 e. The van der Waals surface area contributed by atoms with E-state index in [1.165, 1.54) is 12.8 Å². The molecule has 0 aromatic carbocycles. The number of hydrogen-bond acceptors (Lipinski definition) is 1. The Kier molecular flexibility index (Phi) is 1.10. The lowest BCUT2D eigenvalue weighted by Gasteiger charge is -1.89. The molecular weight excluding hydrogens is 76.1 g/mol. The molecular formula is C5H10O. The molecule has 1 nitrogen and oxygen atoms in total. The summed E-state index contributed by atoms with van der Waals surface area (Å²) in [6.07, 6.45) is 3.25. The Hall–Kier alpha value is -0.0400. The summed E-state index contributed by atoms with van der Waals surface area (Å²) < 4.78 is 5.15. The van der Waals surface area contributed by atoms with E-state index in [0.29, 0.717) is 6.10 Å². The van der Waals surface area contributed by atoms with Crippen LogP contribution in [0.3, 0.4) is 0 Å². The summed E-state index contributed by atoms with van der Waals surface area (Å²) in [5, 5.41) is 0. The van der Waals surface area contributed by atoms with E-state index in [2.05, 4.69) is 0 Å². The summed E-state index contributed by atoms with van der Waals surface area (Å²) in [4.78, 5) is 0. The highest BCUT2D eigenvalue weighted by Crippen LogP contribution is 2.22. The Bertz CT molecular complexity index is 39.2. The smallest absolute Gasteiger partial charge is 0.0576 e. The first-order valence-electron chi connectivity index (χ1n) is 2.55. The fourth-order valence-corrected chi connectivity index (χ4v) is 0.470. The lowest BCUT2D eigenvalue weighted by atomic mass is 10.8. The first kappa shape index (κ1) is 4.13. The van der Waals surface area contributed by atoms with Crippen LogP contribution in [0.4, 0.5) is 0 Å². The first-order valence-corrected chi connectivity index (χ1v) is 2.55. The van der Waals surface area contributed by atoms with Gasteiger partial charge in [-0.15, -0.1) is 0 Å². The normalized spacial score (nSPS) is 21.5. The molecule has 36 valence electrons. The van der Waals surface area contributed by atoms with Crippen LogP contribution in [0.25, 0.3) is 0 Å². The molecule has 0 unspecified atom stereocenters. The highest BCUT2D eigenvalue weighted by molar-refractivity contribution is 4.72. The van der Waals surface area contributed by atoms with Gasteiger partial charge in [-0.2, -0.15) is 0 Å². The third kappa shape index (κ3) is 0.977. The van der Waals surface area contributed by atoms with Crippen LogP contribution in [0, 0.1) is 0 Å². The van der Waals surface area contributed by atoms with Gasteiger partial charge in [-0.1, -0.05) is 0 Å². The Morgan fingerprint density at radius 3 is 2.50 bits per heavy atom. The monoisotopic (exact) mass is 86.1 g/mol. The molecule has 1 fully saturated rings. The van der Waals surface area contributed by atoms with Crippen molar-refractivity contribution in [2.45, 2.75) is 25.9 Å². The van der Waals surface area contributed by atoms with Crippen LogP contribution in [0.15, 0.2) is 0 Å². The van der Waals surface area contributed by atoms with Crippen molar-refractivity contribution in [3.63, 3.8) is 0 Å². The molecule has 1 aliphatic carbocycles. The second-order valence-electron chi connectivity index (χ2n) is 1.65. The summed E-state index contributed by atoms with van der Waals surface area (Å²) >= 11 is 0. The van der Waals surface area contributed by atoms with Crippen LogP contribution >= 0.6 is 0 Å². The minimum absolute atomic E-state index is 0.648. The average molecular weight is 86.1 g/mol. The first-order chi connectivity index (χ1) is 2.93. The van der Waals surface area contributed by atoms with E-state index < -0.39 is 0 Å². The van der Waals surface area contributed by atoms with Gasteiger partial charge in [-0.05, 0) is 19.8 Å². The quantitative estimate of drug-likeness (QED) is 0.490. The molecule has 0 radical (unpaired) electrons. The summed E-state index contributed by atoms with van der Waals surface area (Å²) in [7, 11) is 0. The van der Waals surface area contributed by atoms with Gasteiger partial charge in [0.15, 0.2) is 0 Å². The van der Waals surface area contributed by atoms with Crippen LogP contribution < -0.4 is 0 Å². The van der Waals surface area contributed by atoms with E-state index in [1.807, 2.05) is 6.92 Å². The molecule has 0 heterocycles. The van der Waals surface area contributed by atoms with Gasteiger partial charge in [0.05, 0.1) is 6.10 Å². The van der Waals surface area contributed by atoms with Crippen molar-refractivity contribution in [1.29, 1.82) is 0 Å². The lowest BCUT2D eigenvalue weighted by molar-refractivity contribution is 0.133. The molecule has 0 atom stereocenters. The second-order valence-corrected chi connectivity index (χ2v) is 1.65. The van der Waals surface area contributed by atoms with Crippen LogP contribution in [-0.4, -0.2) is 12.7 Å².